The zero-order chi connectivity index (χ0) is 25.5. The van der Waals surface area contributed by atoms with E-state index in [1.165, 1.54) is 24.3 Å². The number of piperidine rings is 1. The van der Waals surface area contributed by atoms with Crippen LogP contribution in [-0.2, 0) is 0 Å². The van der Waals surface area contributed by atoms with Gasteiger partial charge in [0, 0.05) is 12.5 Å². The number of benzene rings is 3. The number of aliphatic hydroxyl groups excluding tert-OH is 1. The zero-order valence-electron chi connectivity index (χ0n) is 21.0. The van der Waals surface area contributed by atoms with Crippen molar-refractivity contribution in [3.8, 4) is 11.5 Å². The summed E-state index contributed by atoms with van der Waals surface area (Å²) < 4.78 is 38.5. The molecule has 0 radical (unpaired) electrons. The molecule has 6 heteroatoms. The minimum absolute atomic E-state index is 0.119. The summed E-state index contributed by atoms with van der Waals surface area (Å²) in [5, 5.41) is 9.77. The Balaban J connectivity index is 1.31. The smallest absolute Gasteiger partial charge is 0.161 e. The van der Waals surface area contributed by atoms with E-state index < -0.39 is 6.10 Å². The molecular formula is C30H35F2NO3. The maximum absolute atomic E-state index is 13.6. The maximum atomic E-state index is 13.6. The number of aliphatic hydroxyl groups is 1. The minimum Gasteiger partial charge on any atom is -0.493 e. The van der Waals surface area contributed by atoms with E-state index in [-0.39, 0.29) is 17.6 Å². The standard InChI is InChI=1S/C30H35F2NO3/c1-21(34)25-8-13-28(29(20-25)35-2)36-19-3-16-33-17-14-24(15-18-33)30(22-4-9-26(31)10-5-22)23-6-11-27(32)12-7-23/h4-13,20-21,24,30,34H,3,14-19H2,1-2H3. The van der Waals surface area contributed by atoms with Crippen molar-refractivity contribution in [1.82, 2.24) is 4.90 Å². The lowest BCUT2D eigenvalue weighted by Crippen LogP contribution is -2.36. The number of hydrogen-bond donors (Lipinski definition) is 1. The van der Waals surface area contributed by atoms with Gasteiger partial charge in [0.25, 0.3) is 0 Å². The highest BCUT2D eigenvalue weighted by molar-refractivity contribution is 5.43. The van der Waals surface area contributed by atoms with Crippen LogP contribution in [0.1, 0.15) is 54.9 Å². The highest BCUT2D eigenvalue weighted by Gasteiger charge is 2.29. The summed E-state index contributed by atoms with van der Waals surface area (Å²) in [6, 6.07) is 19.0. The van der Waals surface area contributed by atoms with Gasteiger partial charge in [0.2, 0.25) is 0 Å². The maximum Gasteiger partial charge on any atom is 0.161 e. The van der Waals surface area contributed by atoms with E-state index in [4.69, 9.17) is 9.47 Å². The summed E-state index contributed by atoms with van der Waals surface area (Å²) in [6.45, 7) is 5.21. The van der Waals surface area contributed by atoms with Crippen LogP contribution >= 0.6 is 0 Å². The number of halogens is 2. The minimum atomic E-state index is -0.554. The first-order valence-electron chi connectivity index (χ1n) is 12.7. The Morgan fingerprint density at radius 1 is 0.861 bits per heavy atom. The van der Waals surface area contributed by atoms with Gasteiger partial charge in [-0.1, -0.05) is 30.3 Å². The summed E-state index contributed by atoms with van der Waals surface area (Å²) in [4.78, 5) is 2.46. The van der Waals surface area contributed by atoms with Crippen molar-refractivity contribution >= 4 is 0 Å². The van der Waals surface area contributed by atoms with Crippen LogP contribution in [0.5, 0.6) is 11.5 Å². The largest absolute Gasteiger partial charge is 0.493 e. The van der Waals surface area contributed by atoms with Gasteiger partial charge in [-0.05, 0) is 98.3 Å². The lowest BCUT2D eigenvalue weighted by Gasteiger charge is -2.36. The van der Waals surface area contributed by atoms with Crippen LogP contribution in [0.2, 0.25) is 0 Å². The Labute approximate surface area is 212 Å². The molecule has 3 aromatic rings. The van der Waals surface area contributed by atoms with Crippen LogP contribution < -0.4 is 9.47 Å². The molecule has 36 heavy (non-hydrogen) atoms. The van der Waals surface area contributed by atoms with Gasteiger partial charge in [-0.15, -0.1) is 0 Å². The highest BCUT2D eigenvalue weighted by atomic mass is 19.1. The molecular weight excluding hydrogens is 460 g/mol. The van der Waals surface area contributed by atoms with E-state index in [2.05, 4.69) is 4.90 Å². The van der Waals surface area contributed by atoms with Crippen LogP contribution in [0.4, 0.5) is 8.78 Å². The molecule has 0 saturated carbocycles. The first kappa shape index (κ1) is 26.1. The molecule has 0 aromatic heterocycles. The van der Waals surface area contributed by atoms with Crippen LogP contribution in [0.25, 0.3) is 0 Å². The summed E-state index contributed by atoms with van der Waals surface area (Å²) in [6.07, 6.45) is 2.39. The molecule has 1 heterocycles. The van der Waals surface area contributed by atoms with E-state index in [9.17, 15) is 13.9 Å². The molecule has 3 aromatic carbocycles. The Hall–Kier alpha value is -2.96. The molecule has 0 amide bonds. The Bertz CT molecular complexity index is 1050. The number of hydrogen-bond acceptors (Lipinski definition) is 4. The molecule has 192 valence electrons. The molecule has 1 unspecified atom stereocenters. The Morgan fingerprint density at radius 3 is 1.94 bits per heavy atom. The second kappa shape index (κ2) is 12.3. The molecule has 4 nitrogen and oxygen atoms in total. The van der Waals surface area contributed by atoms with Crippen molar-refractivity contribution in [3.05, 3.63) is 95.1 Å². The van der Waals surface area contributed by atoms with Crippen LogP contribution in [0.15, 0.2) is 66.7 Å². The predicted molar refractivity (Wildman–Crippen MR) is 138 cm³/mol. The van der Waals surface area contributed by atoms with Gasteiger partial charge in [0.15, 0.2) is 11.5 Å². The Morgan fingerprint density at radius 2 is 1.42 bits per heavy atom. The molecule has 0 spiro atoms. The molecule has 1 atom stereocenters. The second-order valence-corrected chi connectivity index (χ2v) is 9.55. The first-order chi connectivity index (χ1) is 17.4. The van der Waals surface area contributed by atoms with Crippen molar-refractivity contribution in [1.29, 1.82) is 0 Å². The fraction of sp³-hybridized carbons (Fsp3) is 0.400. The fourth-order valence-electron chi connectivity index (χ4n) is 5.12. The molecule has 1 aliphatic rings. The van der Waals surface area contributed by atoms with E-state index in [1.807, 2.05) is 42.5 Å². The van der Waals surface area contributed by atoms with Gasteiger partial charge < -0.3 is 19.5 Å². The van der Waals surface area contributed by atoms with Crippen molar-refractivity contribution in [2.75, 3.05) is 33.4 Å². The van der Waals surface area contributed by atoms with Crippen molar-refractivity contribution < 1.29 is 23.4 Å². The molecule has 0 aliphatic carbocycles. The first-order valence-corrected chi connectivity index (χ1v) is 12.7. The summed E-state index contributed by atoms with van der Waals surface area (Å²) in [5.74, 6) is 1.35. The third-order valence-electron chi connectivity index (χ3n) is 7.11. The molecule has 1 fully saturated rings. The number of methoxy groups -OCH3 is 1. The lowest BCUT2D eigenvalue weighted by molar-refractivity contribution is 0.162. The van der Waals surface area contributed by atoms with Crippen molar-refractivity contribution in [3.63, 3.8) is 0 Å². The van der Waals surface area contributed by atoms with Crippen LogP contribution in [0, 0.1) is 17.6 Å². The third-order valence-corrected chi connectivity index (χ3v) is 7.11. The van der Waals surface area contributed by atoms with Gasteiger partial charge >= 0.3 is 0 Å². The summed E-state index contributed by atoms with van der Waals surface area (Å²) in [7, 11) is 1.60. The van der Waals surface area contributed by atoms with Gasteiger partial charge in [-0.3, -0.25) is 0 Å². The van der Waals surface area contributed by atoms with E-state index >= 15 is 0 Å². The third kappa shape index (κ3) is 6.62. The van der Waals surface area contributed by atoms with Crippen molar-refractivity contribution in [2.24, 2.45) is 5.92 Å². The van der Waals surface area contributed by atoms with Gasteiger partial charge in [0.05, 0.1) is 19.8 Å². The number of likely N-dealkylation sites (tertiary alicyclic amines) is 1. The number of nitrogens with zero attached hydrogens (tertiary/aromatic N) is 1. The Kier molecular flexibility index (Phi) is 8.94. The average molecular weight is 496 g/mol. The second-order valence-electron chi connectivity index (χ2n) is 9.55. The number of rotatable bonds is 10. The molecule has 1 N–H and O–H groups in total. The fourth-order valence-corrected chi connectivity index (χ4v) is 5.12. The monoisotopic (exact) mass is 495 g/mol. The topological polar surface area (TPSA) is 41.9 Å². The van der Waals surface area contributed by atoms with E-state index in [0.717, 1.165) is 55.6 Å². The lowest BCUT2D eigenvalue weighted by atomic mass is 9.76. The molecule has 4 rings (SSSR count). The molecule has 1 saturated heterocycles. The van der Waals surface area contributed by atoms with Crippen LogP contribution in [-0.4, -0.2) is 43.4 Å². The zero-order valence-corrected chi connectivity index (χ0v) is 21.0. The summed E-state index contributed by atoms with van der Waals surface area (Å²) >= 11 is 0. The molecule has 1 aliphatic heterocycles. The average Bonchev–Trinajstić information content (AvgIpc) is 2.89. The van der Waals surface area contributed by atoms with E-state index in [0.29, 0.717) is 24.0 Å². The highest BCUT2D eigenvalue weighted by Crippen LogP contribution is 2.38. The summed E-state index contributed by atoms with van der Waals surface area (Å²) in [5.41, 5.74) is 2.94. The predicted octanol–water partition coefficient (Wildman–Crippen LogP) is 6.34. The number of ether oxygens (including phenoxy) is 2. The molecule has 0 bridgehead atoms. The van der Waals surface area contributed by atoms with E-state index in [1.54, 1.807) is 14.0 Å². The normalized spacial score (nSPS) is 15.7. The van der Waals surface area contributed by atoms with Gasteiger partial charge in [-0.2, -0.15) is 0 Å². The van der Waals surface area contributed by atoms with Crippen LogP contribution in [0.3, 0.4) is 0 Å². The van der Waals surface area contributed by atoms with Gasteiger partial charge in [0.1, 0.15) is 11.6 Å². The van der Waals surface area contributed by atoms with Crippen molar-refractivity contribution in [2.45, 2.75) is 38.2 Å². The van der Waals surface area contributed by atoms with Gasteiger partial charge in [-0.25, -0.2) is 8.78 Å². The quantitative estimate of drug-likeness (QED) is 0.333. The SMILES string of the molecule is COc1cc(C(C)O)ccc1OCCCN1CCC(C(c2ccc(F)cc2)c2ccc(F)cc2)CC1.